The first-order valence-electron chi connectivity index (χ1n) is 7.50. The Labute approximate surface area is 152 Å². The van der Waals surface area contributed by atoms with Gasteiger partial charge in [0.05, 0.1) is 16.4 Å². The first-order valence-corrected chi connectivity index (χ1v) is 8.29. The molecule has 2 aromatic carbocycles. The maximum absolute atomic E-state index is 12.6. The van der Waals surface area contributed by atoms with E-state index in [1.54, 1.807) is 59.5 Å². The second-order valence-electron chi connectivity index (χ2n) is 5.37. The van der Waals surface area contributed by atoms with Crippen molar-refractivity contribution in [3.8, 4) is 5.69 Å². The minimum absolute atomic E-state index is 0.388. The number of rotatable bonds is 5. The lowest BCUT2D eigenvalue weighted by Crippen LogP contribution is -2.37. The lowest BCUT2D eigenvalue weighted by molar-refractivity contribution is -0.120. The lowest BCUT2D eigenvalue weighted by Gasteiger charge is -2.16. The zero-order chi connectivity index (χ0) is 17.8. The normalized spacial score (nSPS) is 11.7. The third-order valence-corrected chi connectivity index (χ3v) is 4.03. The van der Waals surface area contributed by atoms with Crippen molar-refractivity contribution in [3.05, 3.63) is 82.6 Å². The van der Waals surface area contributed by atoms with E-state index >= 15 is 0 Å². The number of carbonyl (C=O) groups excluding carboxylic acids is 2. The molecule has 1 heterocycles. The summed E-state index contributed by atoms with van der Waals surface area (Å²) in [5.74, 6) is -1.01. The summed E-state index contributed by atoms with van der Waals surface area (Å²) in [7, 11) is 0. The molecule has 0 unspecified atom stereocenters. The molecule has 6 nitrogen and oxygen atoms in total. The van der Waals surface area contributed by atoms with E-state index in [-0.39, 0.29) is 5.91 Å². The fraction of sp³-hybridized carbons (Fsp3) is 0.0556. The summed E-state index contributed by atoms with van der Waals surface area (Å²) in [4.78, 5) is 24.3. The van der Waals surface area contributed by atoms with Crippen LogP contribution in [0.4, 0.5) is 0 Å². The highest BCUT2D eigenvalue weighted by Gasteiger charge is 2.21. The molecule has 0 saturated carbocycles. The van der Waals surface area contributed by atoms with Crippen molar-refractivity contribution in [2.24, 2.45) is 5.73 Å². The Kier molecular flexibility index (Phi) is 4.95. The Balaban J connectivity index is 1.84. The van der Waals surface area contributed by atoms with E-state index in [4.69, 9.17) is 5.73 Å². The predicted octanol–water partition coefficient (Wildman–Crippen LogP) is 2.59. The Morgan fingerprint density at radius 2 is 1.88 bits per heavy atom. The molecule has 3 rings (SSSR count). The zero-order valence-electron chi connectivity index (χ0n) is 13.1. The van der Waals surface area contributed by atoms with Gasteiger partial charge in [-0.15, -0.1) is 0 Å². The SMILES string of the molecule is NC(=O)[C@H](NC(=O)c1cccc(-n2cc(Br)cn2)c1)c1ccccc1. The van der Waals surface area contributed by atoms with Crippen LogP contribution in [0.15, 0.2) is 71.5 Å². The molecule has 0 aliphatic heterocycles. The molecule has 3 aromatic rings. The predicted molar refractivity (Wildman–Crippen MR) is 97.1 cm³/mol. The van der Waals surface area contributed by atoms with E-state index in [1.165, 1.54) is 0 Å². The number of nitrogens with two attached hydrogens (primary N) is 1. The second-order valence-corrected chi connectivity index (χ2v) is 6.29. The number of halogens is 1. The molecule has 3 N–H and O–H groups in total. The van der Waals surface area contributed by atoms with Crippen LogP contribution in [0.3, 0.4) is 0 Å². The van der Waals surface area contributed by atoms with Crippen LogP contribution in [0.25, 0.3) is 5.69 Å². The molecule has 0 saturated heterocycles. The summed E-state index contributed by atoms with van der Waals surface area (Å²) in [6.07, 6.45) is 3.44. The van der Waals surface area contributed by atoms with Gasteiger partial charge in [-0.25, -0.2) is 4.68 Å². The standard InChI is InChI=1S/C18H15BrN4O2/c19-14-10-21-23(11-14)15-8-4-7-13(9-15)18(25)22-16(17(20)24)12-5-2-1-3-6-12/h1-11,16H,(H2,20,24)(H,22,25)/t16-/m1/s1. The van der Waals surface area contributed by atoms with Gasteiger partial charge in [-0.1, -0.05) is 36.4 Å². The minimum atomic E-state index is -0.892. The van der Waals surface area contributed by atoms with Crippen LogP contribution in [0.5, 0.6) is 0 Å². The van der Waals surface area contributed by atoms with Gasteiger partial charge in [-0.3, -0.25) is 9.59 Å². The molecule has 1 aromatic heterocycles. The van der Waals surface area contributed by atoms with Crippen molar-refractivity contribution in [1.29, 1.82) is 0 Å². The maximum Gasteiger partial charge on any atom is 0.252 e. The Morgan fingerprint density at radius 1 is 1.12 bits per heavy atom. The van der Waals surface area contributed by atoms with Gasteiger partial charge in [0.2, 0.25) is 5.91 Å². The van der Waals surface area contributed by atoms with Crippen LogP contribution in [-0.2, 0) is 4.79 Å². The highest BCUT2D eigenvalue weighted by Crippen LogP contribution is 2.16. The zero-order valence-corrected chi connectivity index (χ0v) is 14.7. The smallest absolute Gasteiger partial charge is 0.252 e. The lowest BCUT2D eigenvalue weighted by atomic mass is 10.1. The first-order chi connectivity index (χ1) is 12.0. The Hall–Kier alpha value is -2.93. The van der Waals surface area contributed by atoms with E-state index in [9.17, 15) is 9.59 Å². The van der Waals surface area contributed by atoms with Crippen molar-refractivity contribution in [2.45, 2.75) is 6.04 Å². The number of aromatic nitrogens is 2. The number of primary amides is 1. The topological polar surface area (TPSA) is 90.0 Å². The third kappa shape index (κ3) is 3.95. The highest BCUT2D eigenvalue weighted by molar-refractivity contribution is 9.10. The summed E-state index contributed by atoms with van der Waals surface area (Å²) in [6, 6.07) is 14.9. The molecule has 0 aliphatic carbocycles. The largest absolute Gasteiger partial charge is 0.368 e. The average Bonchev–Trinajstić information content (AvgIpc) is 3.06. The maximum atomic E-state index is 12.6. The number of hydrogen-bond acceptors (Lipinski definition) is 3. The summed E-state index contributed by atoms with van der Waals surface area (Å²) in [6.45, 7) is 0. The van der Waals surface area contributed by atoms with Gasteiger partial charge in [0.1, 0.15) is 6.04 Å². The van der Waals surface area contributed by atoms with Gasteiger partial charge in [0.15, 0.2) is 0 Å². The van der Waals surface area contributed by atoms with Crippen molar-refractivity contribution in [3.63, 3.8) is 0 Å². The summed E-state index contributed by atoms with van der Waals surface area (Å²) in [5.41, 5.74) is 7.22. The third-order valence-electron chi connectivity index (χ3n) is 3.62. The number of benzene rings is 2. The van der Waals surface area contributed by atoms with Gasteiger partial charge in [-0.2, -0.15) is 5.10 Å². The Morgan fingerprint density at radius 3 is 2.52 bits per heavy atom. The molecular weight excluding hydrogens is 384 g/mol. The van der Waals surface area contributed by atoms with Crippen molar-refractivity contribution < 1.29 is 9.59 Å². The van der Waals surface area contributed by atoms with Crippen LogP contribution in [-0.4, -0.2) is 21.6 Å². The molecule has 126 valence electrons. The number of nitrogens with zero attached hydrogens (tertiary/aromatic N) is 2. The number of carbonyl (C=O) groups is 2. The molecule has 0 aliphatic rings. The molecule has 0 radical (unpaired) electrons. The van der Waals surface area contributed by atoms with Crippen LogP contribution < -0.4 is 11.1 Å². The first kappa shape index (κ1) is 16.9. The second kappa shape index (κ2) is 7.31. The highest BCUT2D eigenvalue weighted by atomic mass is 79.9. The molecule has 25 heavy (non-hydrogen) atoms. The van der Waals surface area contributed by atoms with Crippen LogP contribution in [0.2, 0.25) is 0 Å². The molecule has 0 bridgehead atoms. The summed E-state index contributed by atoms with van der Waals surface area (Å²) in [5, 5.41) is 6.87. The fourth-order valence-corrected chi connectivity index (χ4v) is 2.70. The number of hydrogen-bond donors (Lipinski definition) is 2. The van der Waals surface area contributed by atoms with Gasteiger partial charge in [0, 0.05) is 11.8 Å². The number of amides is 2. The van der Waals surface area contributed by atoms with Crippen LogP contribution in [0.1, 0.15) is 22.0 Å². The van der Waals surface area contributed by atoms with Crippen LogP contribution in [0, 0.1) is 0 Å². The van der Waals surface area contributed by atoms with Gasteiger partial charge < -0.3 is 11.1 Å². The van der Waals surface area contributed by atoms with E-state index in [1.807, 2.05) is 12.1 Å². The molecule has 0 fully saturated rings. The summed E-state index contributed by atoms with van der Waals surface area (Å²) >= 11 is 3.34. The molecule has 7 heteroatoms. The molecule has 1 atom stereocenters. The van der Waals surface area contributed by atoms with Gasteiger partial charge in [-0.05, 0) is 39.7 Å². The van der Waals surface area contributed by atoms with Gasteiger partial charge >= 0.3 is 0 Å². The minimum Gasteiger partial charge on any atom is -0.368 e. The van der Waals surface area contributed by atoms with E-state index in [2.05, 4.69) is 26.3 Å². The van der Waals surface area contributed by atoms with Crippen molar-refractivity contribution in [2.75, 3.05) is 0 Å². The van der Waals surface area contributed by atoms with E-state index in [0.717, 1.165) is 10.2 Å². The molecule has 2 amide bonds. The Bertz CT molecular complexity index is 908. The average molecular weight is 399 g/mol. The van der Waals surface area contributed by atoms with Crippen LogP contribution >= 0.6 is 15.9 Å². The quantitative estimate of drug-likeness (QED) is 0.691. The monoisotopic (exact) mass is 398 g/mol. The molecular formula is C18H15BrN4O2. The van der Waals surface area contributed by atoms with Crippen molar-refractivity contribution in [1.82, 2.24) is 15.1 Å². The molecule has 0 spiro atoms. The van der Waals surface area contributed by atoms with E-state index < -0.39 is 11.9 Å². The van der Waals surface area contributed by atoms with E-state index in [0.29, 0.717) is 11.1 Å². The summed E-state index contributed by atoms with van der Waals surface area (Å²) < 4.78 is 2.48. The fourth-order valence-electron chi connectivity index (χ4n) is 2.41. The number of nitrogens with one attached hydrogen (secondary N) is 1. The van der Waals surface area contributed by atoms with Gasteiger partial charge in [0.25, 0.3) is 5.91 Å². The van der Waals surface area contributed by atoms with Crippen molar-refractivity contribution >= 4 is 27.7 Å².